The zero-order valence-electron chi connectivity index (χ0n) is 11.2. The maximum atomic E-state index is 12.2. The minimum absolute atomic E-state index is 0. The van der Waals surface area contributed by atoms with Crippen molar-refractivity contribution < 1.29 is 4.79 Å². The number of benzene rings is 1. The highest BCUT2D eigenvalue weighted by molar-refractivity contribution is 5.97. The molecule has 18 heavy (non-hydrogen) atoms. The monoisotopic (exact) mass is 268 g/mol. The van der Waals surface area contributed by atoms with Gasteiger partial charge in [-0.15, -0.1) is 12.4 Å². The van der Waals surface area contributed by atoms with Gasteiger partial charge in [-0.3, -0.25) is 4.79 Å². The number of anilines is 1. The maximum absolute atomic E-state index is 12.2. The Balaban J connectivity index is 0.00000162. The van der Waals surface area contributed by atoms with Crippen LogP contribution in [-0.4, -0.2) is 25.5 Å². The number of carbonyl (C=O) groups excluding carboxylic acids is 1. The van der Waals surface area contributed by atoms with E-state index >= 15 is 0 Å². The van der Waals surface area contributed by atoms with E-state index < -0.39 is 0 Å². The van der Waals surface area contributed by atoms with Gasteiger partial charge in [0.15, 0.2) is 0 Å². The van der Waals surface area contributed by atoms with Gasteiger partial charge in [-0.1, -0.05) is 6.07 Å². The van der Waals surface area contributed by atoms with E-state index in [-0.39, 0.29) is 24.4 Å². The van der Waals surface area contributed by atoms with Gasteiger partial charge in [0.05, 0.1) is 6.04 Å². The average molecular weight is 269 g/mol. The summed E-state index contributed by atoms with van der Waals surface area (Å²) in [6.45, 7) is 5.07. The molecular formula is C14H21ClN2O. The largest absolute Gasteiger partial charge is 0.314 e. The van der Waals surface area contributed by atoms with Crippen molar-refractivity contribution in [2.45, 2.75) is 32.7 Å². The lowest BCUT2D eigenvalue weighted by molar-refractivity contribution is -0.119. The highest BCUT2D eigenvalue weighted by Crippen LogP contribution is 2.19. The molecule has 1 fully saturated rings. The first-order valence-electron chi connectivity index (χ1n) is 6.17. The quantitative estimate of drug-likeness (QED) is 0.894. The van der Waals surface area contributed by atoms with Gasteiger partial charge < -0.3 is 10.2 Å². The van der Waals surface area contributed by atoms with Crippen LogP contribution in [0.5, 0.6) is 0 Å². The molecule has 0 bridgehead atoms. The Bertz CT molecular complexity index is 408. The summed E-state index contributed by atoms with van der Waals surface area (Å²) in [7, 11) is 1.86. The van der Waals surface area contributed by atoms with Gasteiger partial charge >= 0.3 is 0 Å². The van der Waals surface area contributed by atoms with E-state index in [0.717, 1.165) is 25.1 Å². The molecule has 0 unspecified atom stereocenters. The Morgan fingerprint density at radius 3 is 2.39 bits per heavy atom. The first-order valence-corrected chi connectivity index (χ1v) is 6.17. The number of aryl methyl sites for hydroxylation is 2. The lowest BCUT2D eigenvalue weighted by Gasteiger charge is -2.22. The molecule has 0 saturated carbocycles. The van der Waals surface area contributed by atoms with Crippen molar-refractivity contribution in [3.8, 4) is 0 Å². The third kappa shape index (κ3) is 3.24. The van der Waals surface area contributed by atoms with Crippen molar-refractivity contribution in [3.05, 3.63) is 29.3 Å². The van der Waals surface area contributed by atoms with Crippen molar-refractivity contribution >= 4 is 24.0 Å². The van der Waals surface area contributed by atoms with Crippen LogP contribution in [-0.2, 0) is 4.79 Å². The van der Waals surface area contributed by atoms with E-state index in [1.807, 2.05) is 7.05 Å². The second kappa shape index (κ2) is 6.21. The van der Waals surface area contributed by atoms with Gasteiger partial charge in [-0.05, 0) is 56.5 Å². The molecule has 1 heterocycles. The van der Waals surface area contributed by atoms with Gasteiger partial charge in [0, 0.05) is 12.7 Å². The Morgan fingerprint density at radius 2 is 1.89 bits per heavy atom. The van der Waals surface area contributed by atoms with Gasteiger partial charge in [0.2, 0.25) is 5.91 Å². The predicted molar refractivity (Wildman–Crippen MR) is 77.6 cm³/mol. The van der Waals surface area contributed by atoms with E-state index in [4.69, 9.17) is 0 Å². The zero-order valence-corrected chi connectivity index (χ0v) is 12.0. The van der Waals surface area contributed by atoms with Crippen molar-refractivity contribution in [3.63, 3.8) is 0 Å². The summed E-state index contributed by atoms with van der Waals surface area (Å²) in [4.78, 5) is 14.0. The molecule has 0 aromatic heterocycles. The number of halogens is 1. The maximum Gasteiger partial charge on any atom is 0.243 e. The number of carbonyl (C=O) groups is 1. The standard InChI is InChI=1S/C14H20N2O.ClH/c1-10-7-11(2)9-12(8-10)16(3)14(17)13-5-4-6-15-13;/h7-9,13,15H,4-6H2,1-3H3;1H/t13-;/m0./s1. The number of rotatable bonds is 2. The summed E-state index contributed by atoms with van der Waals surface area (Å²) in [5, 5.41) is 3.25. The molecule has 100 valence electrons. The summed E-state index contributed by atoms with van der Waals surface area (Å²) in [6.07, 6.45) is 2.05. The normalized spacial score (nSPS) is 18.3. The number of likely N-dealkylation sites (N-methyl/N-ethyl adjacent to an activating group) is 1. The Kier molecular flexibility index (Phi) is 5.17. The Hall–Kier alpha value is -1.06. The van der Waals surface area contributed by atoms with Gasteiger partial charge in [0.25, 0.3) is 0 Å². The van der Waals surface area contributed by atoms with Gasteiger partial charge in [-0.2, -0.15) is 0 Å². The Labute approximate surface area is 115 Å². The number of amides is 1. The van der Waals surface area contributed by atoms with Gasteiger partial charge in [-0.25, -0.2) is 0 Å². The van der Waals surface area contributed by atoms with Crippen molar-refractivity contribution in [1.29, 1.82) is 0 Å². The number of nitrogens with zero attached hydrogens (tertiary/aromatic N) is 1. The highest BCUT2D eigenvalue weighted by Gasteiger charge is 2.25. The van der Waals surface area contributed by atoms with E-state index in [2.05, 4.69) is 37.4 Å². The third-order valence-corrected chi connectivity index (χ3v) is 3.28. The second-order valence-corrected chi connectivity index (χ2v) is 4.89. The van der Waals surface area contributed by atoms with Crippen LogP contribution in [0.2, 0.25) is 0 Å². The number of hydrogen-bond acceptors (Lipinski definition) is 2. The molecule has 1 atom stereocenters. The summed E-state index contributed by atoms with van der Waals surface area (Å²) in [5.74, 6) is 0.174. The van der Waals surface area contributed by atoms with Crippen LogP contribution >= 0.6 is 12.4 Å². The molecule has 1 amide bonds. The van der Waals surface area contributed by atoms with Crippen molar-refractivity contribution in [1.82, 2.24) is 5.32 Å². The first-order chi connectivity index (χ1) is 8.08. The lowest BCUT2D eigenvalue weighted by atomic mass is 10.1. The molecule has 2 rings (SSSR count). The fourth-order valence-corrected chi connectivity index (χ4v) is 2.40. The minimum atomic E-state index is 0. The molecule has 1 aliphatic heterocycles. The molecule has 1 aromatic rings. The molecule has 1 aliphatic rings. The van der Waals surface area contributed by atoms with Crippen molar-refractivity contribution in [2.75, 3.05) is 18.5 Å². The fourth-order valence-electron chi connectivity index (χ4n) is 2.40. The van der Waals surface area contributed by atoms with E-state index in [1.54, 1.807) is 4.90 Å². The number of nitrogens with one attached hydrogen (secondary N) is 1. The summed E-state index contributed by atoms with van der Waals surface area (Å²) in [6, 6.07) is 6.23. The number of hydrogen-bond donors (Lipinski definition) is 1. The Morgan fingerprint density at radius 1 is 1.28 bits per heavy atom. The van der Waals surface area contributed by atoms with E-state index in [9.17, 15) is 4.79 Å². The molecule has 1 saturated heterocycles. The van der Waals surface area contributed by atoms with Crippen LogP contribution in [0.4, 0.5) is 5.69 Å². The highest BCUT2D eigenvalue weighted by atomic mass is 35.5. The summed E-state index contributed by atoms with van der Waals surface area (Å²) in [5.41, 5.74) is 3.37. The van der Waals surface area contributed by atoms with Crippen LogP contribution in [0.15, 0.2) is 18.2 Å². The van der Waals surface area contributed by atoms with Crippen LogP contribution in [0.1, 0.15) is 24.0 Å². The summed E-state index contributed by atoms with van der Waals surface area (Å²) >= 11 is 0. The third-order valence-electron chi connectivity index (χ3n) is 3.28. The lowest BCUT2D eigenvalue weighted by Crippen LogP contribution is -2.41. The van der Waals surface area contributed by atoms with E-state index in [0.29, 0.717) is 0 Å². The molecule has 1 N–H and O–H groups in total. The average Bonchev–Trinajstić information content (AvgIpc) is 2.79. The molecular weight excluding hydrogens is 248 g/mol. The van der Waals surface area contributed by atoms with Crippen molar-refractivity contribution in [2.24, 2.45) is 0 Å². The summed E-state index contributed by atoms with van der Waals surface area (Å²) < 4.78 is 0. The predicted octanol–water partition coefficient (Wildman–Crippen LogP) is 2.44. The van der Waals surface area contributed by atoms with Crippen LogP contribution in [0.3, 0.4) is 0 Å². The molecule has 0 aliphatic carbocycles. The minimum Gasteiger partial charge on any atom is -0.314 e. The molecule has 1 aromatic carbocycles. The van der Waals surface area contributed by atoms with Crippen LogP contribution in [0, 0.1) is 13.8 Å². The molecule has 0 radical (unpaired) electrons. The van der Waals surface area contributed by atoms with Crippen LogP contribution in [0.25, 0.3) is 0 Å². The SMILES string of the molecule is Cc1cc(C)cc(N(C)C(=O)[C@@H]2CCCN2)c1.Cl. The molecule has 3 nitrogen and oxygen atoms in total. The topological polar surface area (TPSA) is 32.3 Å². The zero-order chi connectivity index (χ0) is 12.4. The second-order valence-electron chi connectivity index (χ2n) is 4.89. The van der Waals surface area contributed by atoms with Gasteiger partial charge in [0.1, 0.15) is 0 Å². The molecule has 4 heteroatoms. The molecule has 0 spiro atoms. The van der Waals surface area contributed by atoms with E-state index in [1.165, 1.54) is 11.1 Å². The fraction of sp³-hybridized carbons (Fsp3) is 0.500. The first kappa shape index (κ1) is 15.0. The smallest absolute Gasteiger partial charge is 0.243 e. The van der Waals surface area contributed by atoms with Crippen LogP contribution < -0.4 is 10.2 Å².